The van der Waals surface area contributed by atoms with Crippen LogP contribution in [0.3, 0.4) is 0 Å². The highest BCUT2D eigenvalue weighted by atomic mass is 16.7. The van der Waals surface area contributed by atoms with Gasteiger partial charge in [0.1, 0.15) is 53.0 Å². The molecule has 0 unspecified atom stereocenters. The van der Waals surface area contributed by atoms with E-state index in [1.54, 1.807) is 12.1 Å². The molecule has 5 atom stereocenters. The number of carbonyl (C=O) groups excluding carboxylic acids is 1. The average molecular weight is 434 g/mol. The van der Waals surface area contributed by atoms with Gasteiger partial charge in [0, 0.05) is 12.1 Å². The van der Waals surface area contributed by atoms with E-state index in [0.717, 1.165) is 18.2 Å². The summed E-state index contributed by atoms with van der Waals surface area (Å²) >= 11 is 0. The van der Waals surface area contributed by atoms with Crippen LogP contribution in [-0.2, 0) is 4.74 Å². The van der Waals surface area contributed by atoms with Gasteiger partial charge in [-0.15, -0.1) is 0 Å². The van der Waals surface area contributed by atoms with Crippen LogP contribution in [0, 0.1) is 0 Å². The summed E-state index contributed by atoms with van der Waals surface area (Å²) in [7, 11) is 0. The van der Waals surface area contributed by atoms with Crippen LogP contribution in [-0.4, -0.2) is 78.8 Å². The van der Waals surface area contributed by atoms with E-state index in [2.05, 4.69) is 0 Å². The molecule has 0 aliphatic carbocycles. The minimum atomic E-state index is -1.75. The predicted octanol–water partition coefficient (Wildman–Crippen LogP) is -0.122. The van der Waals surface area contributed by atoms with E-state index in [-0.39, 0.29) is 17.1 Å². The third-order valence-corrected chi connectivity index (χ3v) is 4.72. The Morgan fingerprint density at radius 2 is 1.65 bits per heavy atom. The molecule has 0 amide bonds. The van der Waals surface area contributed by atoms with E-state index in [4.69, 9.17) is 9.47 Å². The Morgan fingerprint density at radius 1 is 0.968 bits per heavy atom. The third-order valence-electron chi connectivity index (χ3n) is 4.72. The Bertz CT molecular complexity index is 953. The Labute approximate surface area is 176 Å². The summed E-state index contributed by atoms with van der Waals surface area (Å²) in [6, 6.07) is 7.89. The van der Waals surface area contributed by atoms with Gasteiger partial charge < -0.3 is 45.2 Å². The van der Waals surface area contributed by atoms with E-state index in [1.165, 1.54) is 18.2 Å². The molecule has 2 aromatic carbocycles. The minimum absolute atomic E-state index is 0.0508. The number of ether oxygens (including phenoxy) is 2. The quantitative estimate of drug-likeness (QED) is 0.239. The summed E-state index contributed by atoms with van der Waals surface area (Å²) in [6.45, 7) is -0.683. The van der Waals surface area contributed by atoms with Crippen LogP contribution >= 0.6 is 0 Å². The highest BCUT2D eigenvalue weighted by Crippen LogP contribution is 2.36. The minimum Gasteiger partial charge on any atom is -0.508 e. The lowest BCUT2D eigenvalue weighted by molar-refractivity contribution is -0.277. The second kappa shape index (κ2) is 9.33. The molecule has 166 valence electrons. The van der Waals surface area contributed by atoms with E-state index in [1.807, 2.05) is 0 Å². The van der Waals surface area contributed by atoms with Gasteiger partial charge in [-0.3, -0.25) is 4.79 Å². The summed E-state index contributed by atoms with van der Waals surface area (Å²) < 4.78 is 10.7. The number of hydrogen-bond donors (Lipinski definition) is 7. The van der Waals surface area contributed by atoms with E-state index < -0.39 is 54.6 Å². The lowest BCUT2D eigenvalue weighted by atomic mass is 9.99. The molecule has 1 aliphatic rings. The molecule has 3 rings (SSSR count). The first-order valence-electron chi connectivity index (χ1n) is 9.26. The Balaban J connectivity index is 1.89. The number of carbonyl (C=O) groups is 1. The van der Waals surface area contributed by atoms with Gasteiger partial charge in [-0.2, -0.15) is 0 Å². The Hall–Kier alpha value is -3.15. The van der Waals surface area contributed by atoms with Gasteiger partial charge in [0.25, 0.3) is 0 Å². The number of hydrogen-bond acceptors (Lipinski definition) is 10. The van der Waals surface area contributed by atoms with Crippen LogP contribution in [0.15, 0.2) is 42.5 Å². The zero-order valence-electron chi connectivity index (χ0n) is 16.1. The van der Waals surface area contributed by atoms with Gasteiger partial charge in [0.05, 0.1) is 6.61 Å². The number of rotatable bonds is 6. The molecule has 0 bridgehead atoms. The molecule has 2 aromatic rings. The molecule has 0 aromatic heterocycles. The van der Waals surface area contributed by atoms with Gasteiger partial charge in [-0.25, -0.2) is 0 Å². The maximum absolute atomic E-state index is 12.7. The molecule has 1 fully saturated rings. The van der Waals surface area contributed by atoms with Gasteiger partial charge in [-0.1, -0.05) is 18.2 Å². The van der Waals surface area contributed by atoms with Crippen molar-refractivity contribution in [1.82, 2.24) is 0 Å². The summed E-state index contributed by atoms with van der Waals surface area (Å²) in [5.74, 6) is -2.08. The molecule has 0 radical (unpaired) electrons. The first kappa shape index (κ1) is 22.5. The van der Waals surface area contributed by atoms with Crippen molar-refractivity contribution >= 4 is 11.9 Å². The lowest BCUT2D eigenvalue weighted by Gasteiger charge is -2.39. The zero-order valence-corrected chi connectivity index (χ0v) is 16.1. The number of allylic oxidation sites excluding steroid dienone is 1. The first-order chi connectivity index (χ1) is 14.7. The van der Waals surface area contributed by atoms with Gasteiger partial charge in [0.2, 0.25) is 6.29 Å². The monoisotopic (exact) mass is 434 g/mol. The molecule has 1 saturated heterocycles. The average Bonchev–Trinajstić information content (AvgIpc) is 2.73. The van der Waals surface area contributed by atoms with E-state index in [9.17, 15) is 40.5 Å². The summed E-state index contributed by atoms with van der Waals surface area (Å²) in [5, 5.41) is 68.5. The van der Waals surface area contributed by atoms with E-state index >= 15 is 0 Å². The molecule has 7 N–H and O–H groups in total. The number of aromatic hydroxyl groups is 3. The fraction of sp³-hybridized carbons (Fsp3) is 0.286. The van der Waals surface area contributed by atoms with Crippen LogP contribution in [0.5, 0.6) is 23.0 Å². The smallest absolute Gasteiger partial charge is 0.229 e. The first-order valence-corrected chi connectivity index (χ1v) is 9.26. The molecule has 0 saturated carbocycles. The lowest BCUT2D eigenvalue weighted by Crippen LogP contribution is -2.60. The van der Waals surface area contributed by atoms with E-state index in [0.29, 0.717) is 5.56 Å². The summed E-state index contributed by atoms with van der Waals surface area (Å²) in [4.78, 5) is 12.7. The second-order valence-electron chi connectivity index (χ2n) is 6.94. The number of benzene rings is 2. The van der Waals surface area contributed by atoms with Crippen LogP contribution in [0.1, 0.15) is 15.9 Å². The van der Waals surface area contributed by atoms with Gasteiger partial charge in [0.15, 0.2) is 5.78 Å². The molecule has 0 spiro atoms. The third kappa shape index (κ3) is 4.95. The van der Waals surface area contributed by atoms with Crippen molar-refractivity contribution < 1.29 is 50.0 Å². The second-order valence-corrected chi connectivity index (χ2v) is 6.94. The van der Waals surface area contributed by atoms with Crippen molar-refractivity contribution in [3.63, 3.8) is 0 Å². The fourth-order valence-corrected chi connectivity index (χ4v) is 3.06. The molecule has 1 heterocycles. The van der Waals surface area contributed by atoms with Crippen molar-refractivity contribution in [2.75, 3.05) is 6.61 Å². The molecule has 10 heteroatoms. The number of ketones is 1. The fourth-order valence-electron chi connectivity index (χ4n) is 3.06. The molecule has 31 heavy (non-hydrogen) atoms. The molecule has 1 aliphatic heterocycles. The highest BCUT2D eigenvalue weighted by Gasteiger charge is 2.45. The van der Waals surface area contributed by atoms with Crippen molar-refractivity contribution in [1.29, 1.82) is 0 Å². The van der Waals surface area contributed by atoms with Gasteiger partial charge >= 0.3 is 0 Å². The molecular formula is C21H22O10. The Morgan fingerprint density at radius 3 is 2.29 bits per heavy atom. The normalized spacial score (nSPS) is 26.1. The molecular weight excluding hydrogens is 412 g/mol. The topological polar surface area (TPSA) is 177 Å². The van der Waals surface area contributed by atoms with Crippen molar-refractivity contribution in [2.45, 2.75) is 30.7 Å². The maximum Gasteiger partial charge on any atom is 0.229 e. The van der Waals surface area contributed by atoms with Crippen molar-refractivity contribution in [3.05, 3.63) is 53.6 Å². The largest absolute Gasteiger partial charge is 0.508 e. The summed E-state index contributed by atoms with van der Waals surface area (Å²) in [5.41, 5.74) is 0.227. The SMILES string of the molecule is O=C(/C=C/c1ccc(O)cc1)c1c(O)cc(O)cc1O[C@H]1O[C@@H](CO)[C@H](O)[C@@H](O)[C@@H]1O. The number of aliphatic hydroxyl groups is 4. The van der Waals surface area contributed by atoms with Crippen LogP contribution in [0.25, 0.3) is 6.08 Å². The standard InChI is InChI=1S/C21H22O10/c22-9-16-18(27)19(28)20(29)21(31-16)30-15-8-12(24)7-14(26)17(15)13(25)6-3-10-1-4-11(23)5-2-10/h1-8,16,18-24,26-29H,9H2/b6-3+/t16-,18-,19+,20-,21-/m0/s1. The number of phenolic OH excluding ortho intramolecular Hbond substituents is 3. The number of aliphatic hydroxyl groups excluding tert-OH is 4. The highest BCUT2D eigenvalue weighted by molar-refractivity contribution is 6.10. The maximum atomic E-state index is 12.7. The molecule has 10 nitrogen and oxygen atoms in total. The van der Waals surface area contributed by atoms with Crippen LogP contribution in [0.2, 0.25) is 0 Å². The Kier molecular flexibility index (Phi) is 6.78. The summed E-state index contributed by atoms with van der Waals surface area (Å²) in [6.07, 6.45) is -5.39. The van der Waals surface area contributed by atoms with Crippen LogP contribution < -0.4 is 4.74 Å². The van der Waals surface area contributed by atoms with Crippen molar-refractivity contribution in [2.24, 2.45) is 0 Å². The predicted molar refractivity (Wildman–Crippen MR) is 106 cm³/mol. The van der Waals surface area contributed by atoms with Gasteiger partial charge in [-0.05, 0) is 23.8 Å². The van der Waals surface area contributed by atoms with Crippen LogP contribution in [0.4, 0.5) is 0 Å². The van der Waals surface area contributed by atoms with Crippen molar-refractivity contribution in [3.8, 4) is 23.0 Å². The zero-order chi connectivity index (χ0) is 22.7. The number of phenols is 3.